The van der Waals surface area contributed by atoms with E-state index in [-0.39, 0.29) is 11.5 Å². The molecule has 1 aliphatic carbocycles. The molecule has 0 saturated carbocycles. The van der Waals surface area contributed by atoms with Crippen LogP contribution < -0.4 is 9.47 Å². The van der Waals surface area contributed by atoms with Crippen LogP contribution in [0.2, 0.25) is 0 Å². The lowest BCUT2D eigenvalue weighted by molar-refractivity contribution is -0.727. The van der Waals surface area contributed by atoms with Crippen LogP contribution in [0.3, 0.4) is 0 Å². The predicted octanol–water partition coefficient (Wildman–Crippen LogP) is 7.37. The van der Waals surface area contributed by atoms with Crippen molar-refractivity contribution >= 4 is 11.3 Å². The SMILES string of the molecule is CC1(C)C2=C(c3ccccc3N3C2c2ccccc2C32c3ccccc3-c3cccc[n+]32)c2ccccc21. The van der Waals surface area contributed by atoms with Crippen molar-refractivity contribution in [1.29, 1.82) is 0 Å². The average molecular weight is 488 g/mol. The van der Waals surface area contributed by atoms with Crippen molar-refractivity contribution in [2.24, 2.45) is 0 Å². The second-order valence-electron chi connectivity index (χ2n) is 11.5. The molecule has 3 aliphatic heterocycles. The predicted molar refractivity (Wildman–Crippen MR) is 152 cm³/mol. The average Bonchev–Trinajstić information content (AvgIpc) is 3.53. The summed E-state index contributed by atoms with van der Waals surface area (Å²) in [6.07, 6.45) is 2.29. The zero-order valence-electron chi connectivity index (χ0n) is 21.5. The molecule has 0 amide bonds. The zero-order chi connectivity index (χ0) is 25.2. The molecule has 0 radical (unpaired) electrons. The normalized spacial score (nSPS) is 22.4. The number of pyridine rings is 1. The number of aromatic nitrogens is 1. The highest BCUT2D eigenvalue weighted by molar-refractivity contribution is 5.99. The van der Waals surface area contributed by atoms with Crippen LogP contribution in [0.1, 0.15) is 53.3 Å². The second-order valence-corrected chi connectivity index (χ2v) is 11.5. The molecule has 9 rings (SSSR count). The molecular formula is C36H27N2+. The lowest BCUT2D eigenvalue weighted by atomic mass is 9.75. The Labute approximate surface area is 223 Å². The smallest absolute Gasteiger partial charge is 0.292 e. The minimum atomic E-state index is -0.464. The Morgan fingerprint density at radius 1 is 0.605 bits per heavy atom. The molecule has 2 atom stereocenters. The highest BCUT2D eigenvalue weighted by Gasteiger charge is 2.67. The van der Waals surface area contributed by atoms with Crippen molar-refractivity contribution in [3.05, 3.63) is 160 Å². The number of hydrogen-bond acceptors (Lipinski definition) is 1. The number of rotatable bonds is 0. The quantitative estimate of drug-likeness (QED) is 0.207. The standard InChI is InChI=1S/C36H27N2/c1-35(2)27-17-7-4-14-24(27)32-26-16-6-10-21-31(26)38-34(33(32)35)25-15-5-9-19-29(25)36(38)28-18-8-3-13-23(28)30-20-11-12-22-37(30)36/h3-22,34H,1-2H3/q+1. The van der Waals surface area contributed by atoms with E-state index in [0.717, 1.165) is 0 Å². The summed E-state index contributed by atoms with van der Waals surface area (Å²) in [6.45, 7) is 4.86. The van der Waals surface area contributed by atoms with Gasteiger partial charge < -0.3 is 0 Å². The first-order chi connectivity index (χ1) is 18.6. The van der Waals surface area contributed by atoms with Crippen LogP contribution in [-0.4, -0.2) is 0 Å². The Morgan fingerprint density at radius 3 is 2.08 bits per heavy atom. The lowest BCUT2D eigenvalue weighted by Gasteiger charge is -2.44. The Balaban J connectivity index is 1.48. The van der Waals surface area contributed by atoms with Crippen LogP contribution in [0, 0.1) is 0 Å². The molecule has 2 heteroatoms. The van der Waals surface area contributed by atoms with Crippen molar-refractivity contribution in [3.63, 3.8) is 0 Å². The fourth-order valence-electron chi connectivity index (χ4n) is 8.22. The van der Waals surface area contributed by atoms with Crippen molar-refractivity contribution < 1.29 is 4.57 Å². The van der Waals surface area contributed by atoms with Crippen molar-refractivity contribution in [3.8, 4) is 11.3 Å². The summed E-state index contributed by atoms with van der Waals surface area (Å²) in [5.74, 6) is 0. The van der Waals surface area contributed by atoms with E-state index in [1.807, 2.05) is 0 Å². The lowest BCUT2D eigenvalue weighted by Crippen LogP contribution is -2.64. The first kappa shape index (κ1) is 20.6. The summed E-state index contributed by atoms with van der Waals surface area (Å²) in [6, 6.07) is 43.2. The van der Waals surface area contributed by atoms with Gasteiger partial charge in [0.1, 0.15) is 0 Å². The Kier molecular flexibility index (Phi) is 3.64. The van der Waals surface area contributed by atoms with Crippen LogP contribution in [-0.2, 0) is 11.1 Å². The number of hydrogen-bond donors (Lipinski definition) is 0. The Morgan fingerprint density at radius 2 is 1.24 bits per heavy atom. The van der Waals surface area contributed by atoms with Crippen LogP contribution in [0.25, 0.3) is 16.8 Å². The van der Waals surface area contributed by atoms with E-state index in [0.29, 0.717) is 0 Å². The minimum absolute atomic E-state index is 0.0939. The molecule has 1 spiro atoms. The third-order valence-corrected chi connectivity index (χ3v) is 9.54. The third-order valence-electron chi connectivity index (χ3n) is 9.54. The van der Waals surface area contributed by atoms with Gasteiger partial charge in [-0.3, -0.25) is 4.90 Å². The van der Waals surface area contributed by atoms with Gasteiger partial charge in [-0.1, -0.05) is 86.6 Å². The van der Waals surface area contributed by atoms with E-state index in [2.05, 4.69) is 145 Å². The molecule has 0 N–H and O–H groups in total. The fraction of sp³-hybridized carbons (Fsp3) is 0.139. The Bertz CT molecular complexity index is 1830. The summed E-state index contributed by atoms with van der Waals surface area (Å²) in [5.41, 5.74) is 14.6. The van der Waals surface area contributed by atoms with Gasteiger partial charge in [0.05, 0.1) is 28.4 Å². The summed E-state index contributed by atoms with van der Waals surface area (Å²) >= 11 is 0. The molecule has 0 fully saturated rings. The molecule has 38 heavy (non-hydrogen) atoms. The van der Waals surface area contributed by atoms with Gasteiger partial charge in [-0.05, 0) is 58.2 Å². The first-order valence-electron chi connectivity index (χ1n) is 13.6. The van der Waals surface area contributed by atoms with E-state index < -0.39 is 5.66 Å². The highest BCUT2D eigenvalue weighted by atomic mass is 15.4. The molecule has 1 aromatic heterocycles. The van der Waals surface area contributed by atoms with Crippen molar-refractivity contribution in [2.45, 2.75) is 31.0 Å². The monoisotopic (exact) mass is 487 g/mol. The molecule has 4 heterocycles. The van der Waals surface area contributed by atoms with Crippen LogP contribution in [0.5, 0.6) is 0 Å². The van der Waals surface area contributed by atoms with Gasteiger partial charge in [0, 0.05) is 23.1 Å². The number of nitrogens with zero attached hydrogens (tertiary/aromatic N) is 2. The second kappa shape index (κ2) is 6.71. The summed E-state index contributed by atoms with van der Waals surface area (Å²) in [5, 5.41) is 0. The maximum Gasteiger partial charge on any atom is 0.298 e. The number of fused-ring (bicyclic) bond motifs is 16. The Hall–Kier alpha value is -4.43. The molecular weight excluding hydrogens is 460 g/mol. The van der Waals surface area contributed by atoms with Crippen LogP contribution in [0.15, 0.2) is 127 Å². The maximum atomic E-state index is 2.76. The van der Waals surface area contributed by atoms with Gasteiger partial charge >= 0.3 is 0 Å². The fourth-order valence-corrected chi connectivity index (χ4v) is 8.22. The molecule has 5 aromatic rings. The maximum absolute atomic E-state index is 2.76. The van der Waals surface area contributed by atoms with E-state index >= 15 is 0 Å². The molecule has 180 valence electrons. The molecule has 2 nitrogen and oxygen atoms in total. The van der Waals surface area contributed by atoms with Gasteiger partial charge in [-0.2, -0.15) is 4.57 Å². The number of anilines is 1. The summed E-state index contributed by atoms with van der Waals surface area (Å²) < 4.78 is 2.54. The van der Waals surface area contributed by atoms with E-state index in [4.69, 9.17) is 0 Å². The minimum Gasteiger partial charge on any atom is -0.292 e. The molecule has 4 aromatic carbocycles. The topological polar surface area (TPSA) is 7.12 Å². The van der Waals surface area contributed by atoms with Crippen LogP contribution >= 0.6 is 0 Å². The van der Waals surface area contributed by atoms with Gasteiger partial charge in [0.25, 0.3) is 5.66 Å². The van der Waals surface area contributed by atoms with Gasteiger partial charge in [-0.15, -0.1) is 0 Å². The highest BCUT2D eigenvalue weighted by Crippen LogP contribution is 2.66. The van der Waals surface area contributed by atoms with Gasteiger partial charge in [-0.25, -0.2) is 0 Å². The van der Waals surface area contributed by atoms with Crippen molar-refractivity contribution in [1.82, 2.24) is 0 Å². The van der Waals surface area contributed by atoms with Gasteiger partial charge in [0.2, 0.25) is 5.69 Å². The molecule has 0 bridgehead atoms. The zero-order valence-corrected chi connectivity index (χ0v) is 21.5. The van der Waals surface area contributed by atoms with Crippen molar-refractivity contribution in [2.75, 3.05) is 4.90 Å². The van der Waals surface area contributed by atoms with Gasteiger partial charge in [0.15, 0.2) is 6.20 Å². The molecule has 2 unspecified atom stereocenters. The van der Waals surface area contributed by atoms with E-state index in [1.54, 1.807) is 0 Å². The summed E-state index contributed by atoms with van der Waals surface area (Å²) in [7, 11) is 0. The van der Waals surface area contributed by atoms with Crippen LogP contribution in [0.4, 0.5) is 5.69 Å². The van der Waals surface area contributed by atoms with E-state index in [9.17, 15) is 0 Å². The molecule has 4 aliphatic rings. The number of para-hydroxylation sites is 1. The third kappa shape index (κ3) is 2.10. The number of benzene rings is 4. The summed E-state index contributed by atoms with van der Waals surface area (Å²) in [4.78, 5) is 2.76. The first-order valence-corrected chi connectivity index (χ1v) is 13.6. The van der Waals surface area contributed by atoms with E-state index in [1.165, 1.54) is 61.5 Å². The molecule has 0 saturated heterocycles. The largest absolute Gasteiger partial charge is 0.298 e.